The first kappa shape index (κ1) is 14.3. The first-order valence-electron chi connectivity index (χ1n) is 7.46. The van der Waals surface area contributed by atoms with E-state index in [-0.39, 0.29) is 11.2 Å². The molecule has 2 fully saturated rings. The quantitative estimate of drug-likeness (QED) is 0.822. The van der Waals surface area contributed by atoms with Crippen molar-refractivity contribution in [2.24, 2.45) is 11.7 Å². The van der Waals surface area contributed by atoms with Gasteiger partial charge >= 0.3 is 0 Å². The maximum Gasteiger partial charge on any atom is 0.0760 e. The lowest BCUT2D eigenvalue weighted by molar-refractivity contribution is -0.190. The van der Waals surface area contributed by atoms with Crippen LogP contribution in [0.15, 0.2) is 0 Å². The molecule has 0 radical (unpaired) electrons. The highest BCUT2D eigenvalue weighted by molar-refractivity contribution is 4.93. The lowest BCUT2D eigenvalue weighted by Gasteiger charge is -2.51. The summed E-state index contributed by atoms with van der Waals surface area (Å²) in [5, 5.41) is 0. The summed E-state index contributed by atoms with van der Waals surface area (Å²) in [5.74, 6) is 0.734. The van der Waals surface area contributed by atoms with Crippen LogP contribution in [0.25, 0.3) is 0 Å². The van der Waals surface area contributed by atoms with Gasteiger partial charge in [-0.15, -0.1) is 0 Å². The number of nitrogens with zero attached hydrogens (tertiary/aromatic N) is 1. The van der Waals surface area contributed by atoms with E-state index < -0.39 is 0 Å². The third kappa shape index (κ3) is 3.46. The molecular weight excluding hydrogens is 224 g/mol. The topological polar surface area (TPSA) is 38.5 Å². The van der Waals surface area contributed by atoms with Crippen LogP contribution >= 0.6 is 0 Å². The molecule has 0 aromatic heterocycles. The predicted octanol–water partition coefficient (Wildman–Crippen LogP) is 2.39. The van der Waals surface area contributed by atoms with Gasteiger partial charge in [-0.3, -0.25) is 4.90 Å². The van der Waals surface area contributed by atoms with Gasteiger partial charge in [-0.2, -0.15) is 0 Å². The Labute approximate surface area is 112 Å². The fourth-order valence-electron chi connectivity index (χ4n) is 3.91. The molecule has 0 spiro atoms. The molecule has 0 amide bonds. The second kappa shape index (κ2) is 5.10. The molecule has 2 rings (SSSR count). The third-order valence-corrected chi connectivity index (χ3v) is 4.33. The molecule has 0 bridgehead atoms. The molecule has 1 saturated carbocycles. The number of hydrogen-bond donors (Lipinski definition) is 1. The molecule has 1 aliphatic carbocycles. The Morgan fingerprint density at radius 1 is 1.11 bits per heavy atom. The summed E-state index contributed by atoms with van der Waals surface area (Å²) in [5.41, 5.74) is 5.80. The molecule has 3 nitrogen and oxygen atoms in total. The van der Waals surface area contributed by atoms with Crippen LogP contribution in [-0.2, 0) is 4.74 Å². The molecule has 2 atom stereocenters. The van der Waals surface area contributed by atoms with E-state index in [0.29, 0.717) is 0 Å². The standard InChI is InChI=1S/C15H30N2O/c1-14(2)10-17(11-15(3,4)18-14)13-7-5-6-12(8-13)9-16/h12-13H,5-11,16H2,1-4H3. The minimum absolute atomic E-state index is 0.0303. The van der Waals surface area contributed by atoms with Gasteiger partial charge < -0.3 is 10.5 Å². The SMILES string of the molecule is CC1(C)CN(C2CCCC(CN)C2)CC(C)(C)O1. The number of morpholine rings is 1. The molecule has 2 aliphatic rings. The summed E-state index contributed by atoms with van der Waals surface area (Å²) in [6, 6.07) is 0.717. The Hall–Kier alpha value is -0.120. The van der Waals surface area contributed by atoms with Crippen LogP contribution in [0.5, 0.6) is 0 Å². The average Bonchev–Trinajstić information content (AvgIpc) is 2.25. The van der Waals surface area contributed by atoms with Gasteiger partial charge in [0.25, 0.3) is 0 Å². The summed E-state index contributed by atoms with van der Waals surface area (Å²) in [6.07, 6.45) is 5.28. The molecule has 0 aromatic carbocycles. The highest BCUT2D eigenvalue weighted by Gasteiger charge is 2.41. The van der Waals surface area contributed by atoms with Gasteiger partial charge in [-0.05, 0) is 59.4 Å². The molecule has 3 heteroatoms. The van der Waals surface area contributed by atoms with E-state index in [1.165, 1.54) is 25.7 Å². The van der Waals surface area contributed by atoms with Crippen LogP contribution < -0.4 is 5.73 Å². The van der Waals surface area contributed by atoms with Gasteiger partial charge in [0.05, 0.1) is 11.2 Å². The molecule has 0 aromatic rings. The van der Waals surface area contributed by atoms with E-state index in [1.807, 2.05) is 0 Å². The molecule has 1 saturated heterocycles. The Bertz CT molecular complexity index is 272. The van der Waals surface area contributed by atoms with Crippen molar-refractivity contribution in [2.75, 3.05) is 19.6 Å². The average molecular weight is 254 g/mol. The van der Waals surface area contributed by atoms with E-state index in [1.54, 1.807) is 0 Å². The zero-order valence-electron chi connectivity index (χ0n) is 12.5. The third-order valence-electron chi connectivity index (χ3n) is 4.33. The van der Waals surface area contributed by atoms with Gasteiger partial charge in [0.15, 0.2) is 0 Å². The Balaban J connectivity index is 2.03. The minimum atomic E-state index is -0.0303. The van der Waals surface area contributed by atoms with Gasteiger partial charge in [0, 0.05) is 19.1 Å². The van der Waals surface area contributed by atoms with Gasteiger partial charge in [-0.25, -0.2) is 0 Å². The molecular formula is C15H30N2O. The van der Waals surface area contributed by atoms with Crippen molar-refractivity contribution in [1.29, 1.82) is 0 Å². The highest BCUT2D eigenvalue weighted by atomic mass is 16.5. The van der Waals surface area contributed by atoms with E-state index in [4.69, 9.17) is 10.5 Å². The lowest BCUT2D eigenvalue weighted by Crippen LogP contribution is -2.60. The van der Waals surface area contributed by atoms with E-state index >= 15 is 0 Å². The fraction of sp³-hybridized carbons (Fsp3) is 1.00. The molecule has 2 N–H and O–H groups in total. The second-order valence-electron chi connectivity index (χ2n) is 7.45. The van der Waals surface area contributed by atoms with Gasteiger partial charge in [-0.1, -0.05) is 6.42 Å². The summed E-state index contributed by atoms with van der Waals surface area (Å²) >= 11 is 0. The summed E-state index contributed by atoms with van der Waals surface area (Å²) < 4.78 is 6.17. The van der Waals surface area contributed by atoms with E-state index in [9.17, 15) is 0 Å². The van der Waals surface area contributed by atoms with Crippen molar-refractivity contribution in [2.45, 2.75) is 70.6 Å². The number of nitrogens with two attached hydrogens (primary N) is 1. The van der Waals surface area contributed by atoms with Crippen molar-refractivity contribution in [1.82, 2.24) is 4.90 Å². The number of hydrogen-bond acceptors (Lipinski definition) is 3. The predicted molar refractivity (Wildman–Crippen MR) is 75.6 cm³/mol. The first-order chi connectivity index (χ1) is 8.31. The Kier molecular flexibility index (Phi) is 4.05. The monoisotopic (exact) mass is 254 g/mol. The van der Waals surface area contributed by atoms with Crippen LogP contribution in [0, 0.1) is 5.92 Å². The minimum Gasteiger partial charge on any atom is -0.367 e. The van der Waals surface area contributed by atoms with Crippen LogP contribution in [0.2, 0.25) is 0 Å². The van der Waals surface area contributed by atoms with Crippen LogP contribution in [0.4, 0.5) is 0 Å². The molecule has 1 heterocycles. The van der Waals surface area contributed by atoms with Crippen molar-refractivity contribution in [3.63, 3.8) is 0 Å². The largest absolute Gasteiger partial charge is 0.367 e. The zero-order chi connectivity index (χ0) is 13.4. The number of rotatable bonds is 2. The summed E-state index contributed by atoms with van der Waals surface area (Å²) in [6.45, 7) is 11.8. The number of ether oxygens (including phenoxy) is 1. The van der Waals surface area contributed by atoms with Crippen LogP contribution in [-0.4, -0.2) is 41.8 Å². The summed E-state index contributed by atoms with van der Waals surface area (Å²) in [4.78, 5) is 2.66. The molecule has 106 valence electrons. The zero-order valence-corrected chi connectivity index (χ0v) is 12.5. The normalized spacial score (nSPS) is 36.5. The Morgan fingerprint density at radius 2 is 1.72 bits per heavy atom. The highest BCUT2D eigenvalue weighted by Crippen LogP contribution is 2.34. The van der Waals surface area contributed by atoms with Gasteiger partial charge in [0.2, 0.25) is 0 Å². The second-order valence-corrected chi connectivity index (χ2v) is 7.45. The maximum absolute atomic E-state index is 6.17. The molecule has 18 heavy (non-hydrogen) atoms. The fourth-order valence-corrected chi connectivity index (χ4v) is 3.91. The van der Waals surface area contributed by atoms with Gasteiger partial charge in [0.1, 0.15) is 0 Å². The molecule has 2 unspecified atom stereocenters. The summed E-state index contributed by atoms with van der Waals surface area (Å²) in [7, 11) is 0. The van der Waals surface area contributed by atoms with Crippen LogP contribution in [0.1, 0.15) is 53.4 Å². The van der Waals surface area contributed by atoms with Crippen molar-refractivity contribution >= 4 is 0 Å². The first-order valence-corrected chi connectivity index (χ1v) is 7.46. The molecule has 1 aliphatic heterocycles. The van der Waals surface area contributed by atoms with E-state index in [2.05, 4.69) is 32.6 Å². The van der Waals surface area contributed by atoms with Crippen LogP contribution in [0.3, 0.4) is 0 Å². The van der Waals surface area contributed by atoms with E-state index in [0.717, 1.165) is 31.6 Å². The van der Waals surface area contributed by atoms with Crippen molar-refractivity contribution in [3.8, 4) is 0 Å². The smallest absolute Gasteiger partial charge is 0.0760 e. The van der Waals surface area contributed by atoms with Crippen molar-refractivity contribution in [3.05, 3.63) is 0 Å². The Morgan fingerprint density at radius 3 is 2.28 bits per heavy atom. The lowest BCUT2D eigenvalue weighted by atomic mass is 9.83. The van der Waals surface area contributed by atoms with Crippen molar-refractivity contribution < 1.29 is 4.74 Å². The maximum atomic E-state index is 6.17.